The molecule has 7 heteroatoms. The van der Waals surface area contributed by atoms with E-state index in [1.165, 1.54) is 24.3 Å². The third-order valence-corrected chi connectivity index (χ3v) is 2.79. The van der Waals surface area contributed by atoms with E-state index in [0.29, 0.717) is 5.56 Å². The third kappa shape index (κ3) is 3.86. The highest BCUT2D eigenvalue weighted by atomic mass is 35.5. The van der Waals surface area contributed by atoms with Crippen LogP contribution >= 0.6 is 11.6 Å². The van der Waals surface area contributed by atoms with Gasteiger partial charge < -0.3 is 4.74 Å². The molecule has 0 unspecified atom stereocenters. The van der Waals surface area contributed by atoms with Gasteiger partial charge in [-0.25, -0.2) is 4.98 Å². The van der Waals surface area contributed by atoms with Crippen molar-refractivity contribution in [1.82, 2.24) is 4.98 Å². The Morgan fingerprint density at radius 3 is 2.57 bits per heavy atom. The largest absolute Gasteiger partial charge is 0.573 e. The van der Waals surface area contributed by atoms with Gasteiger partial charge in [-0.2, -0.15) is 5.26 Å². The molecule has 0 saturated heterocycles. The number of para-hydroxylation sites is 1. The summed E-state index contributed by atoms with van der Waals surface area (Å²) in [7, 11) is 0. The highest BCUT2D eigenvalue weighted by Crippen LogP contribution is 2.35. The predicted octanol–water partition coefficient (Wildman–Crippen LogP) is 4.37. The van der Waals surface area contributed by atoms with Crippen LogP contribution in [0.2, 0.25) is 5.15 Å². The van der Waals surface area contributed by atoms with Gasteiger partial charge >= 0.3 is 6.36 Å². The van der Waals surface area contributed by atoms with Gasteiger partial charge in [0, 0.05) is 5.56 Å². The SMILES string of the molecule is N#CCc1ccc(Cl)nc1-c1ccccc1OC(F)(F)F. The van der Waals surface area contributed by atoms with Crippen LogP contribution in [-0.4, -0.2) is 11.3 Å². The number of nitrogens with zero attached hydrogens (tertiary/aromatic N) is 2. The van der Waals surface area contributed by atoms with Crippen LogP contribution in [-0.2, 0) is 6.42 Å². The standard InChI is InChI=1S/C14H8ClF3N2O/c15-12-6-5-9(7-8-19)13(20-12)10-3-1-2-4-11(10)21-14(16,17)18/h1-6H,7H2. The molecule has 3 nitrogen and oxygen atoms in total. The van der Waals surface area contributed by atoms with Crippen LogP contribution < -0.4 is 4.74 Å². The zero-order chi connectivity index (χ0) is 15.5. The second-order valence-electron chi connectivity index (χ2n) is 4.02. The van der Waals surface area contributed by atoms with E-state index in [4.69, 9.17) is 16.9 Å². The zero-order valence-electron chi connectivity index (χ0n) is 10.5. The second kappa shape index (κ2) is 6.02. The van der Waals surface area contributed by atoms with E-state index in [0.717, 1.165) is 0 Å². The first-order valence-electron chi connectivity index (χ1n) is 5.78. The van der Waals surface area contributed by atoms with Crippen LogP contribution in [0.5, 0.6) is 5.75 Å². The summed E-state index contributed by atoms with van der Waals surface area (Å²) < 4.78 is 41.3. The minimum Gasteiger partial charge on any atom is -0.405 e. The summed E-state index contributed by atoms with van der Waals surface area (Å²) in [6.45, 7) is 0. The molecule has 0 atom stereocenters. The molecule has 0 bridgehead atoms. The molecular weight excluding hydrogens is 305 g/mol. The van der Waals surface area contributed by atoms with E-state index in [9.17, 15) is 13.2 Å². The topological polar surface area (TPSA) is 45.9 Å². The number of hydrogen-bond donors (Lipinski definition) is 0. The van der Waals surface area contributed by atoms with Crippen molar-refractivity contribution in [1.29, 1.82) is 5.26 Å². The van der Waals surface area contributed by atoms with Crippen molar-refractivity contribution in [3.63, 3.8) is 0 Å². The molecule has 0 radical (unpaired) electrons. The summed E-state index contributed by atoms with van der Waals surface area (Å²) in [5.41, 5.74) is 0.798. The lowest BCUT2D eigenvalue weighted by Crippen LogP contribution is -2.17. The van der Waals surface area contributed by atoms with Crippen molar-refractivity contribution in [3.8, 4) is 23.1 Å². The zero-order valence-corrected chi connectivity index (χ0v) is 11.2. The molecule has 0 N–H and O–H groups in total. The number of nitriles is 1. The molecule has 21 heavy (non-hydrogen) atoms. The molecule has 0 saturated carbocycles. The van der Waals surface area contributed by atoms with E-state index < -0.39 is 6.36 Å². The normalized spacial score (nSPS) is 11.0. The van der Waals surface area contributed by atoms with Gasteiger partial charge in [0.05, 0.1) is 18.2 Å². The predicted molar refractivity (Wildman–Crippen MR) is 70.7 cm³/mol. The number of rotatable bonds is 3. The molecule has 0 aliphatic carbocycles. The minimum absolute atomic E-state index is 0.000144. The van der Waals surface area contributed by atoms with Crippen LogP contribution in [0.3, 0.4) is 0 Å². The third-order valence-electron chi connectivity index (χ3n) is 2.58. The monoisotopic (exact) mass is 312 g/mol. The van der Waals surface area contributed by atoms with Crippen molar-refractivity contribution in [3.05, 3.63) is 47.1 Å². The number of alkyl halides is 3. The van der Waals surface area contributed by atoms with Crippen LogP contribution in [0.4, 0.5) is 13.2 Å². The van der Waals surface area contributed by atoms with E-state index in [-0.39, 0.29) is 28.6 Å². The quantitative estimate of drug-likeness (QED) is 0.791. The Labute approximate surface area is 123 Å². The number of pyridine rings is 1. The van der Waals surface area contributed by atoms with E-state index in [2.05, 4.69) is 9.72 Å². The average Bonchev–Trinajstić information content (AvgIpc) is 2.40. The van der Waals surface area contributed by atoms with Gasteiger partial charge in [-0.05, 0) is 23.8 Å². The van der Waals surface area contributed by atoms with Crippen molar-refractivity contribution in [2.75, 3.05) is 0 Å². The van der Waals surface area contributed by atoms with E-state index in [1.807, 2.05) is 6.07 Å². The first-order valence-corrected chi connectivity index (χ1v) is 6.16. The number of hydrogen-bond acceptors (Lipinski definition) is 3. The lowest BCUT2D eigenvalue weighted by atomic mass is 10.0. The maximum Gasteiger partial charge on any atom is 0.573 e. The average molecular weight is 313 g/mol. The van der Waals surface area contributed by atoms with Crippen molar-refractivity contribution < 1.29 is 17.9 Å². The fourth-order valence-corrected chi connectivity index (χ4v) is 1.95. The van der Waals surface area contributed by atoms with Crippen molar-refractivity contribution in [2.24, 2.45) is 0 Å². The van der Waals surface area contributed by atoms with E-state index >= 15 is 0 Å². The summed E-state index contributed by atoms with van der Waals surface area (Å²) >= 11 is 5.80. The van der Waals surface area contributed by atoms with Gasteiger partial charge in [-0.15, -0.1) is 13.2 Å². The summed E-state index contributed by atoms with van der Waals surface area (Å²) in [6.07, 6.45) is -4.82. The molecular formula is C14H8ClF3N2O. The minimum atomic E-state index is -4.82. The molecule has 0 aliphatic rings. The lowest BCUT2D eigenvalue weighted by Gasteiger charge is -2.14. The molecule has 0 amide bonds. The molecule has 1 heterocycles. The Morgan fingerprint density at radius 2 is 1.90 bits per heavy atom. The van der Waals surface area contributed by atoms with Gasteiger partial charge in [0.15, 0.2) is 0 Å². The molecule has 108 valence electrons. The fourth-order valence-electron chi connectivity index (χ4n) is 1.80. The lowest BCUT2D eigenvalue weighted by molar-refractivity contribution is -0.274. The maximum atomic E-state index is 12.4. The molecule has 0 spiro atoms. The number of ether oxygens (including phenoxy) is 1. The highest BCUT2D eigenvalue weighted by molar-refractivity contribution is 6.29. The summed E-state index contributed by atoms with van der Waals surface area (Å²) in [5.74, 6) is -0.390. The Morgan fingerprint density at radius 1 is 1.19 bits per heavy atom. The summed E-state index contributed by atoms with van der Waals surface area (Å²) in [4.78, 5) is 4.02. The Hall–Kier alpha value is -2.26. The number of benzene rings is 1. The van der Waals surface area contributed by atoms with Crippen molar-refractivity contribution in [2.45, 2.75) is 12.8 Å². The highest BCUT2D eigenvalue weighted by Gasteiger charge is 2.32. The summed E-state index contributed by atoms with van der Waals surface area (Å²) in [6, 6.07) is 10.5. The maximum absolute atomic E-state index is 12.4. The number of aromatic nitrogens is 1. The first-order chi connectivity index (χ1) is 9.90. The van der Waals surface area contributed by atoms with Crippen LogP contribution in [0, 0.1) is 11.3 Å². The molecule has 1 aromatic carbocycles. The molecule has 1 aromatic heterocycles. The second-order valence-corrected chi connectivity index (χ2v) is 4.41. The van der Waals surface area contributed by atoms with Crippen LogP contribution in [0.15, 0.2) is 36.4 Å². The van der Waals surface area contributed by atoms with Gasteiger partial charge in [-0.3, -0.25) is 0 Å². The first kappa shape index (κ1) is 15.1. The molecule has 2 aromatic rings. The van der Waals surface area contributed by atoms with Gasteiger partial charge in [0.2, 0.25) is 0 Å². The van der Waals surface area contributed by atoms with Gasteiger partial charge in [0.1, 0.15) is 10.9 Å². The Balaban J connectivity index is 2.57. The van der Waals surface area contributed by atoms with Crippen molar-refractivity contribution >= 4 is 11.6 Å². The fraction of sp³-hybridized carbons (Fsp3) is 0.143. The van der Waals surface area contributed by atoms with E-state index in [1.54, 1.807) is 12.1 Å². The van der Waals surface area contributed by atoms with Gasteiger partial charge in [0.25, 0.3) is 0 Å². The Kier molecular flexibility index (Phi) is 4.34. The van der Waals surface area contributed by atoms with Crippen LogP contribution in [0.1, 0.15) is 5.56 Å². The van der Waals surface area contributed by atoms with Gasteiger partial charge in [-0.1, -0.05) is 29.8 Å². The molecule has 0 fully saturated rings. The summed E-state index contributed by atoms with van der Waals surface area (Å²) in [5, 5.41) is 8.91. The molecule has 2 rings (SSSR count). The van der Waals surface area contributed by atoms with Crippen LogP contribution in [0.25, 0.3) is 11.3 Å². The molecule has 0 aliphatic heterocycles. The Bertz CT molecular complexity index is 695. The smallest absolute Gasteiger partial charge is 0.405 e. The number of halogens is 4.